The van der Waals surface area contributed by atoms with Gasteiger partial charge in [-0.15, -0.1) is 0 Å². The third-order valence-corrected chi connectivity index (χ3v) is 18.1. The summed E-state index contributed by atoms with van der Waals surface area (Å²) in [6.07, 6.45) is -12.7. The Balaban J connectivity index is 1.36. The summed E-state index contributed by atoms with van der Waals surface area (Å²) >= 11 is 6.76. The van der Waals surface area contributed by atoms with Gasteiger partial charge < -0.3 is 20.7 Å². The molecular weight excluding hydrogens is 1280 g/mol. The SMILES string of the molecule is CC(C)(CC(=O)N(c1nn(CC(F)(F)F)c2c(-c3ccc(C#CC(C)(C)S(C)(=O)=O)nc3[C@H](Cc3cc(F)cc(F)c3)NC(=O)Cn3nc(C(F)(F)F)c4c3C(F)(F)[C@@H]3CC43)ccc(Cl)c12)S(C)(=O)=O)c1c(CC(=O)O)cc(C(N)=O)cc1OP(=O)(O)O. The number of benzene rings is 3. The number of nitrogens with two attached hydrogens (primary N) is 1. The van der Waals surface area contributed by atoms with E-state index in [-0.39, 0.29) is 25.7 Å². The number of phosphoric acid groups is 1. The molecule has 35 heteroatoms. The average molecular weight is 1330 g/mol. The Morgan fingerprint density at radius 2 is 1.56 bits per heavy atom. The first kappa shape index (κ1) is 66.3. The zero-order valence-electron chi connectivity index (χ0n) is 46.3. The summed E-state index contributed by atoms with van der Waals surface area (Å²) in [4.78, 5) is 77.9. The number of aromatic nitrogens is 5. The summed E-state index contributed by atoms with van der Waals surface area (Å²) in [5.41, 5.74) is -4.92. The molecule has 3 amide bonds. The van der Waals surface area contributed by atoms with Crippen LogP contribution in [0, 0.1) is 29.4 Å². The molecule has 3 aromatic heterocycles. The molecule has 0 aliphatic heterocycles. The smallest absolute Gasteiger partial charge is 0.481 e. The number of carboxylic acid groups (broad SMARTS) is 1. The van der Waals surface area contributed by atoms with E-state index in [1.165, 1.54) is 13.8 Å². The molecule has 3 aromatic carbocycles. The second-order valence-electron chi connectivity index (χ2n) is 22.0. The lowest BCUT2D eigenvalue weighted by Gasteiger charge is -2.31. The zero-order chi connectivity index (χ0) is 65.7. The van der Waals surface area contributed by atoms with Gasteiger partial charge in [-0.25, -0.2) is 35.2 Å². The maximum atomic E-state index is 15.7. The number of alkyl halides is 8. The molecule has 0 radical (unpaired) electrons. The Labute approximate surface area is 497 Å². The second kappa shape index (κ2) is 22.8. The van der Waals surface area contributed by atoms with Gasteiger partial charge in [-0.05, 0) is 92.1 Å². The largest absolute Gasteiger partial charge is 0.524 e. The number of nitrogens with one attached hydrogen (secondary N) is 1. The van der Waals surface area contributed by atoms with Crippen molar-refractivity contribution >= 4 is 79.7 Å². The number of primary amides is 1. The molecule has 0 saturated heterocycles. The quantitative estimate of drug-likeness (QED) is 0.0290. The van der Waals surface area contributed by atoms with E-state index in [1.54, 1.807) is 0 Å². The van der Waals surface area contributed by atoms with Crippen LogP contribution < -0.4 is 19.9 Å². The summed E-state index contributed by atoms with van der Waals surface area (Å²) in [5, 5.41) is 18.2. The fourth-order valence-corrected chi connectivity index (χ4v) is 12.2. The number of carbonyl (C=O) groups excluding carboxylic acids is 3. The molecule has 2 aliphatic rings. The molecule has 3 heterocycles. The van der Waals surface area contributed by atoms with Crippen molar-refractivity contribution in [2.45, 2.75) is 107 Å². The van der Waals surface area contributed by atoms with Gasteiger partial charge in [0, 0.05) is 57.9 Å². The van der Waals surface area contributed by atoms with Crippen molar-refractivity contribution in [2.75, 3.05) is 16.8 Å². The van der Waals surface area contributed by atoms with Crippen LogP contribution in [0.3, 0.4) is 0 Å². The van der Waals surface area contributed by atoms with Crippen LogP contribution in [-0.4, -0.2) is 103 Å². The number of phosphoric ester groups is 1. The van der Waals surface area contributed by atoms with Crippen LogP contribution in [0.2, 0.25) is 5.02 Å². The zero-order valence-corrected chi connectivity index (χ0v) is 49.6. The number of aliphatic carboxylic acids is 1. The molecule has 3 atom stereocenters. The van der Waals surface area contributed by atoms with Crippen LogP contribution in [-0.2, 0) is 82.3 Å². The van der Waals surface area contributed by atoms with Gasteiger partial charge in [-0.2, -0.15) is 49.6 Å². The number of hydrogen-bond donors (Lipinski definition) is 5. The summed E-state index contributed by atoms with van der Waals surface area (Å²) in [6, 6.07) is 5.72. The number of halogens is 11. The van der Waals surface area contributed by atoms with Crippen LogP contribution in [0.1, 0.15) is 108 Å². The van der Waals surface area contributed by atoms with Gasteiger partial charge in [0.25, 0.3) is 5.92 Å². The number of pyridine rings is 1. The highest BCUT2D eigenvalue weighted by molar-refractivity contribution is 7.93. The highest BCUT2D eigenvalue weighted by Crippen LogP contribution is 2.68. The predicted molar refractivity (Wildman–Crippen MR) is 292 cm³/mol. The Morgan fingerprint density at radius 1 is 0.932 bits per heavy atom. The summed E-state index contributed by atoms with van der Waals surface area (Å²) in [6.45, 7) is 1.12. The number of amides is 3. The topological polar surface area (TPSA) is 313 Å². The molecule has 0 bridgehead atoms. The first-order chi connectivity index (χ1) is 40.2. The van der Waals surface area contributed by atoms with E-state index in [0.29, 0.717) is 18.4 Å². The molecule has 0 spiro atoms. The van der Waals surface area contributed by atoms with E-state index >= 15 is 8.78 Å². The monoisotopic (exact) mass is 1320 g/mol. The molecule has 6 N–H and O–H groups in total. The third-order valence-electron chi connectivity index (χ3n) is 14.4. The van der Waals surface area contributed by atoms with E-state index in [4.69, 9.17) is 21.9 Å². The van der Waals surface area contributed by atoms with Gasteiger partial charge >= 0.3 is 26.1 Å². The van der Waals surface area contributed by atoms with Crippen molar-refractivity contribution in [3.8, 4) is 28.7 Å². The Hall–Kier alpha value is -7.63. The number of sulfonamides is 1. The summed E-state index contributed by atoms with van der Waals surface area (Å²) < 4.78 is 218. The highest BCUT2D eigenvalue weighted by Gasteiger charge is 2.68. The molecule has 2 aliphatic carbocycles. The number of nitrogens with zero attached hydrogens (tertiary/aromatic N) is 6. The molecule has 8 rings (SSSR count). The predicted octanol–water partition coefficient (Wildman–Crippen LogP) is 8.15. The van der Waals surface area contributed by atoms with Crippen molar-refractivity contribution in [3.63, 3.8) is 0 Å². The Bertz CT molecular complexity index is 4270. The van der Waals surface area contributed by atoms with Crippen molar-refractivity contribution in [1.29, 1.82) is 0 Å². The number of sulfone groups is 1. The molecule has 88 heavy (non-hydrogen) atoms. The van der Waals surface area contributed by atoms with E-state index in [2.05, 4.69) is 32.3 Å². The number of fused-ring (bicyclic) bond motifs is 4. The van der Waals surface area contributed by atoms with Crippen molar-refractivity contribution in [1.82, 2.24) is 29.9 Å². The van der Waals surface area contributed by atoms with E-state index < -0.39 is 225 Å². The standard InChI is InChI=1S/C53H48ClF10N8O13PS2/c1-49(2,42-25(18-39(75)76)16-26(47(65)77)17-36(42)85-86(78,79)80)21-38(74)72(88(6,83)84)48-41-34(54)10-9-31(44(41)71(69-48)23-51(57,58)59)30-8-7-29(11-12-50(3,4)87(5,81)82)66-43(30)35(15-24-13-27(55)19-28(56)14-24)67-37(73)22-70-46-40(45(68-70)53(62,63)64)32-20-33(32)52(46,60)61/h7-10,13-14,16-17,19,32-33,35H,15,18,20-23H2,1-6H3,(H2,65,77)(H,67,73)(H,75,76)(H2,78,79,80)/t32?,33-,35+/m1/s1. The number of carbonyl (C=O) groups is 4. The third kappa shape index (κ3) is 13.8. The van der Waals surface area contributed by atoms with E-state index in [1.807, 2.05) is 0 Å². The van der Waals surface area contributed by atoms with Gasteiger partial charge in [0.2, 0.25) is 27.7 Å². The van der Waals surface area contributed by atoms with Crippen LogP contribution in [0.4, 0.5) is 49.7 Å². The molecule has 1 saturated carbocycles. The maximum Gasteiger partial charge on any atom is 0.524 e. The molecule has 1 unspecified atom stereocenters. The lowest BCUT2D eigenvalue weighted by Crippen LogP contribution is -2.40. The fraction of sp³-hybridized carbons (Fsp3) is 0.377. The van der Waals surface area contributed by atoms with E-state index in [9.17, 15) is 90.6 Å². The first-order valence-electron chi connectivity index (χ1n) is 25.5. The molecule has 1 fully saturated rings. The van der Waals surface area contributed by atoms with Gasteiger partial charge in [0.1, 0.15) is 46.6 Å². The van der Waals surface area contributed by atoms with E-state index in [0.717, 1.165) is 62.6 Å². The molecule has 472 valence electrons. The van der Waals surface area contributed by atoms with Gasteiger partial charge in [-0.1, -0.05) is 37.4 Å². The number of rotatable bonds is 19. The maximum absolute atomic E-state index is 15.7. The average Bonchev–Trinajstić information content (AvgIpc) is 1.85. The van der Waals surface area contributed by atoms with Crippen LogP contribution >= 0.6 is 19.4 Å². The molecule has 6 aromatic rings. The van der Waals surface area contributed by atoms with Crippen LogP contribution in [0.15, 0.2) is 54.6 Å². The lowest BCUT2D eigenvalue weighted by atomic mass is 9.77. The van der Waals surface area contributed by atoms with Gasteiger partial charge in [0.15, 0.2) is 21.3 Å². The Kier molecular flexibility index (Phi) is 17.1. The first-order valence-corrected chi connectivity index (χ1v) is 31.1. The molecular formula is C53H48ClF10N8O13PS2. The molecule has 21 nitrogen and oxygen atoms in total. The van der Waals surface area contributed by atoms with Gasteiger partial charge in [-0.3, -0.25) is 38.3 Å². The van der Waals surface area contributed by atoms with Crippen molar-refractivity contribution < 1.29 is 104 Å². The van der Waals surface area contributed by atoms with Crippen LogP contribution in [0.5, 0.6) is 5.75 Å². The minimum atomic E-state index is -5.64. The minimum absolute atomic E-state index is 0.0933. The van der Waals surface area contributed by atoms with Gasteiger partial charge in [0.05, 0.1) is 40.3 Å². The minimum Gasteiger partial charge on any atom is -0.481 e. The van der Waals surface area contributed by atoms with Crippen LogP contribution in [0.25, 0.3) is 22.0 Å². The summed E-state index contributed by atoms with van der Waals surface area (Å²) in [5.74, 6) is -12.1. The summed E-state index contributed by atoms with van der Waals surface area (Å²) in [7, 11) is -14.8. The van der Waals surface area contributed by atoms with Crippen molar-refractivity contribution in [2.24, 2.45) is 11.7 Å². The number of carboxylic acids is 1. The number of hydrogen-bond acceptors (Lipinski definition) is 13. The second-order valence-corrected chi connectivity index (χ2v) is 28.0. The normalized spacial score (nSPS) is 16.3. The lowest BCUT2D eigenvalue weighted by molar-refractivity contribution is -0.143. The number of anilines is 1. The van der Waals surface area contributed by atoms with Crippen molar-refractivity contribution in [3.05, 3.63) is 122 Å². The Morgan fingerprint density at radius 3 is 2.11 bits per heavy atom. The highest BCUT2D eigenvalue weighted by atomic mass is 35.5. The fourth-order valence-electron chi connectivity index (χ4n) is 10.5.